The zero-order chi connectivity index (χ0) is 17.4. The average Bonchev–Trinajstić information content (AvgIpc) is 2.61. The van der Waals surface area contributed by atoms with Gasteiger partial charge in [-0.15, -0.1) is 0 Å². The average molecular weight is 354 g/mol. The summed E-state index contributed by atoms with van der Waals surface area (Å²) in [6.07, 6.45) is 7.52. The normalized spacial score (nSPS) is 15.5. The van der Waals surface area contributed by atoms with Crippen molar-refractivity contribution >= 4 is 23.7 Å². The molecule has 0 aliphatic heterocycles. The van der Waals surface area contributed by atoms with E-state index < -0.39 is 0 Å². The summed E-state index contributed by atoms with van der Waals surface area (Å²) in [6.45, 7) is 0.266. The van der Waals surface area contributed by atoms with E-state index in [4.69, 9.17) is 21.1 Å². The molecule has 0 bridgehead atoms. The highest BCUT2D eigenvalue weighted by Crippen LogP contribution is 2.32. The van der Waals surface area contributed by atoms with Crippen molar-refractivity contribution in [3.8, 4) is 11.5 Å². The smallest absolute Gasteiger partial charge is 0.254 e. The van der Waals surface area contributed by atoms with Crippen LogP contribution in [-0.4, -0.2) is 38.9 Å². The standard InChI is InChI=1S/C17H24ClN3O3/c1-23-15-8-12(14(18)9-16(15)24-2)10-20-21-17(22)11-19-13-6-4-3-5-7-13/h8-10,13,19H,3-7,11H2,1-2H3,(H,21,22)/b20-10-. The molecule has 0 unspecified atom stereocenters. The first-order chi connectivity index (χ1) is 11.6. The molecule has 2 N–H and O–H groups in total. The van der Waals surface area contributed by atoms with Gasteiger partial charge >= 0.3 is 0 Å². The number of methoxy groups -OCH3 is 2. The summed E-state index contributed by atoms with van der Waals surface area (Å²) in [7, 11) is 3.09. The van der Waals surface area contributed by atoms with E-state index in [1.54, 1.807) is 26.4 Å². The molecule has 0 radical (unpaired) electrons. The van der Waals surface area contributed by atoms with Crippen LogP contribution < -0.4 is 20.2 Å². The molecule has 0 saturated heterocycles. The summed E-state index contributed by atoms with van der Waals surface area (Å²) in [6, 6.07) is 3.79. The second-order valence-corrected chi connectivity index (χ2v) is 6.14. The maximum absolute atomic E-state index is 11.8. The molecule has 1 aliphatic carbocycles. The first-order valence-electron chi connectivity index (χ1n) is 8.11. The molecule has 1 amide bonds. The van der Waals surface area contributed by atoms with Crippen molar-refractivity contribution in [2.24, 2.45) is 5.10 Å². The fourth-order valence-electron chi connectivity index (χ4n) is 2.73. The number of hydrogen-bond acceptors (Lipinski definition) is 5. The Labute approximate surface area is 147 Å². The molecule has 1 aliphatic rings. The highest BCUT2D eigenvalue weighted by Gasteiger charge is 2.13. The number of benzene rings is 1. The maximum atomic E-state index is 11.8. The number of ether oxygens (including phenoxy) is 2. The van der Waals surface area contributed by atoms with Crippen LogP contribution in [-0.2, 0) is 4.79 Å². The Morgan fingerprint density at radius 2 is 1.92 bits per heavy atom. The van der Waals surface area contributed by atoms with Crippen LogP contribution in [0.25, 0.3) is 0 Å². The lowest BCUT2D eigenvalue weighted by atomic mass is 9.95. The Morgan fingerprint density at radius 3 is 2.58 bits per heavy atom. The number of hydrazone groups is 1. The van der Waals surface area contributed by atoms with Crippen LogP contribution in [0.3, 0.4) is 0 Å². The summed E-state index contributed by atoms with van der Waals surface area (Å²) < 4.78 is 10.4. The lowest BCUT2D eigenvalue weighted by Crippen LogP contribution is -2.38. The predicted octanol–water partition coefficient (Wildman–Crippen LogP) is 2.73. The van der Waals surface area contributed by atoms with Gasteiger partial charge in [-0.2, -0.15) is 5.10 Å². The van der Waals surface area contributed by atoms with Crippen molar-refractivity contribution in [2.45, 2.75) is 38.1 Å². The van der Waals surface area contributed by atoms with Gasteiger partial charge in [-0.25, -0.2) is 5.43 Å². The van der Waals surface area contributed by atoms with E-state index in [0.29, 0.717) is 28.1 Å². The number of nitrogens with zero attached hydrogens (tertiary/aromatic N) is 1. The van der Waals surface area contributed by atoms with E-state index >= 15 is 0 Å². The molecular formula is C17H24ClN3O3. The molecule has 132 valence electrons. The molecule has 1 aromatic carbocycles. The van der Waals surface area contributed by atoms with Gasteiger partial charge in [0.15, 0.2) is 11.5 Å². The number of carbonyl (C=O) groups excluding carboxylic acids is 1. The van der Waals surface area contributed by atoms with Crippen LogP contribution in [0.4, 0.5) is 0 Å². The Kier molecular flexibility index (Phi) is 7.34. The van der Waals surface area contributed by atoms with Crippen LogP contribution in [0.1, 0.15) is 37.7 Å². The van der Waals surface area contributed by atoms with Gasteiger partial charge in [0.2, 0.25) is 0 Å². The zero-order valence-electron chi connectivity index (χ0n) is 14.1. The Balaban J connectivity index is 1.85. The minimum Gasteiger partial charge on any atom is -0.493 e. The van der Waals surface area contributed by atoms with Crippen molar-refractivity contribution in [1.82, 2.24) is 10.7 Å². The Hall–Kier alpha value is -1.79. The molecule has 2 rings (SSSR count). The predicted molar refractivity (Wildman–Crippen MR) is 95.2 cm³/mol. The molecule has 1 fully saturated rings. The molecule has 6 nitrogen and oxygen atoms in total. The van der Waals surface area contributed by atoms with Crippen molar-refractivity contribution < 1.29 is 14.3 Å². The van der Waals surface area contributed by atoms with Crippen molar-refractivity contribution in [3.63, 3.8) is 0 Å². The molecule has 0 spiro atoms. The van der Waals surface area contributed by atoms with Gasteiger partial charge in [0.25, 0.3) is 5.91 Å². The van der Waals surface area contributed by atoms with Crippen molar-refractivity contribution in [3.05, 3.63) is 22.7 Å². The third-order valence-electron chi connectivity index (χ3n) is 4.05. The largest absolute Gasteiger partial charge is 0.493 e. The van der Waals surface area contributed by atoms with E-state index in [9.17, 15) is 4.79 Å². The highest BCUT2D eigenvalue weighted by molar-refractivity contribution is 6.33. The first-order valence-corrected chi connectivity index (χ1v) is 8.48. The third-order valence-corrected chi connectivity index (χ3v) is 4.38. The van der Waals surface area contributed by atoms with E-state index in [1.807, 2.05) is 0 Å². The van der Waals surface area contributed by atoms with Crippen molar-refractivity contribution in [1.29, 1.82) is 0 Å². The topological polar surface area (TPSA) is 72.0 Å². The van der Waals surface area contributed by atoms with Crippen LogP contribution in [0.2, 0.25) is 5.02 Å². The summed E-state index contributed by atoms with van der Waals surface area (Å²) in [5.74, 6) is 0.919. The second kappa shape index (κ2) is 9.49. The number of carbonyl (C=O) groups is 1. The number of amides is 1. The van der Waals surface area contributed by atoms with Gasteiger partial charge in [-0.1, -0.05) is 30.9 Å². The molecule has 7 heteroatoms. The van der Waals surface area contributed by atoms with E-state index in [0.717, 1.165) is 12.8 Å². The SMILES string of the molecule is COc1cc(Cl)c(/C=N\NC(=O)CNC2CCCCC2)cc1OC. The first kappa shape index (κ1) is 18.5. The minimum absolute atomic E-state index is 0.173. The summed E-state index contributed by atoms with van der Waals surface area (Å²) in [4.78, 5) is 11.8. The molecule has 0 aromatic heterocycles. The maximum Gasteiger partial charge on any atom is 0.254 e. The van der Waals surface area contributed by atoms with Crippen LogP contribution in [0, 0.1) is 0 Å². The van der Waals surface area contributed by atoms with Gasteiger partial charge in [0.1, 0.15) is 0 Å². The van der Waals surface area contributed by atoms with Crippen LogP contribution in [0.5, 0.6) is 11.5 Å². The molecule has 24 heavy (non-hydrogen) atoms. The number of halogens is 1. The fraction of sp³-hybridized carbons (Fsp3) is 0.529. The van der Waals surface area contributed by atoms with E-state index in [-0.39, 0.29) is 12.5 Å². The number of nitrogens with one attached hydrogen (secondary N) is 2. The molecule has 1 aromatic rings. The summed E-state index contributed by atoms with van der Waals surface area (Å²) >= 11 is 6.16. The van der Waals surface area contributed by atoms with Crippen molar-refractivity contribution in [2.75, 3.05) is 20.8 Å². The molecule has 1 saturated carbocycles. The van der Waals surface area contributed by atoms with Gasteiger partial charge in [-0.3, -0.25) is 4.79 Å². The second-order valence-electron chi connectivity index (χ2n) is 5.74. The lowest BCUT2D eigenvalue weighted by molar-refractivity contribution is -0.120. The Morgan fingerprint density at radius 1 is 1.25 bits per heavy atom. The third kappa shape index (κ3) is 5.39. The minimum atomic E-state index is -0.173. The van der Waals surface area contributed by atoms with Crippen LogP contribution in [0.15, 0.2) is 17.2 Å². The monoisotopic (exact) mass is 353 g/mol. The fourth-order valence-corrected chi connectivity index (χ4v) is 2.93. The lowest BCUT2D eigenvalue weighted by Gasteiger charge is -2.22. The van der Waals surface area contributed by atoms with E-state index in [2.05, 4.69) is 15.8 Å². The zero-order valence-corrected chi connectivity index (χ0v) is 14.9. The van der Waals surface area contributed by atoms with Gasteiger partial charge in [0, 0.05) is 17.7 Å². The van der Waals surface area contributed by atoms with Gasteiger partial charge in [-0.05, 0) is 18.9 Å². The quantitative estimate of drug-likeness (QED) is 0.584. The van der Waals surface area contributed by atoms with Gasteiger partial charge < -0.3 is 14.8 Å². The summed E-state index contributed by atoms with van der Waals surface area (Å²) in [5, 5.41) is 7.68. The van der Waals surface area contributed by atoms with Crippen LogP contribution >= 0.6 is 11.6 Å². The molecule has 0 heterocycles. The van der Waals surface area contributed by atoms with Gasteiger partial charge in [0.05, 0.1) is 32.0 Å². The Bertz CT molecular complexity index is 587. The number of rotatable bonds is 7. The number of hydrogen-bond donors (Lipinski definition) is 2. The molecular weight excluding hydrogens is 330 g/mol. The highest BCUT2D eigenvalue weighted by atomic mass is 35.5. The summed E-state index contributed by atoms with van der Waals surface area (Å²) in [5.41, 5.74) is 3.14. The molecule has 0 atom stereocenters. The van der Waals surface area contributed by atoms with E-state index in [1.165, 1.54) is 25.5 Å².